The number of hydrogen-bond acceptors (Lipinski definition) is 3. The van der Waals surface area contributed by atoms with Crippen LogP contribution in [-0.4, -0.2) is 16.5 Å². The van der Waals surface area contributed by atoms with Crippen LogP contribution in [0.15, 0.2) is 34.9 Å². The first-order valence-electron chi connectivity index (χ1n) is 4.96. The van der Waals surface area contributed by atoms with Crippen molar-refractivity contribution in [2.45, 2.75) is 0 Å². The number of nitrogens with zero attached hydrogens (tertiary/aromatic N) is 1. The van der Waals surface area contributed by atoms with Gasteiger partial charge in [-0.25, -0.2) is 0 Å². The molecule has 0 aliphatic carbocycles. The lowest BCUT2D eigenvalue weighted by Crippen LogP contribution is -1.79. The van der Waals surface area contributed by atoms with Crippen LogP contribution in [0.3, 0.4) is 0 Å². The number of carbonyl (C=O) groups excluding carboxylic acids is 1. The maximum Gasteiger partial charge on any atom is 0.185 e. The number of halogens is 1. The summed E-state index contributed by atoms with van der Waals surface area (Å²) in [6, 6.07) is 6.97. The number of aldehydes is 1. The zero-order valence-electron chi connectivity index (χ0n) is 8.61. The first kappa shape index (κ1) is 10.1. The highest BCUT2D eigenvalue weighted by Gasteiger charge is 2.11. The molecule has 1 N–H and O–H groups in total. The highest BCUT2D eigenvalue weighted by molar-refractivity contribution is 6.35. The van der Waals surface area contributed by atoms with Gasteiger partial charge in [-0.15, -0.1) is 0 Å². The van der Waals surface area contributed by atoms with Crippen molar-refractivity contribution in [3.8, 4) is 11.3 Å². The number of benzene rings is 1. The molecule has 84 valence electrons. The molecule has 0 atom stereocenters. The van der Waals surface area contributed by atoms with Crippen LogP contribution in [0.5, 0.6) is 0 Å². The van der Waals surface area contributed by atoms with Crippen molar-refractivity contribution in [1.29, 1.82) is 0 Å². The lowest BCUT2D eigenvalue weighted by Gasteiger charge is -2.00. The third kappa shape index (κ3) is 1.54. The number of aromatic amines is 1. The molecule has 5 heteroatoms. The van der Waals surface area contributed by atoms with Gasteiger partial charge in [0.2, 0.25) is 0 Å². The number of hydrogen-bond donors (Lipinski definition) is 1. The van der Waals surface area contributed by atoms with Crippen LogP contribution in [0, 0.1) is 0 Å². The summed E-state index contributed by atoms with van der Waals surface area (Å²) in [7, 11) is 0. The number of rotatable bonds is 2. The smallest absolute Gasteiger partial charge is 0.185 e. The number of fused-ring (bicyclic) bond motifs is 1. The Hall–Kier alpha value is -2.07. The SMILES string of the molecule is O=Cc1ccc(-c2ccc(Cl)c3cn[nH]c23)o1. The van der Waals surface area contributed by atoms with E-state index in [0.717, 1.165) is 16.5 Å². The van der Waals surface area contributed by atoms with Crippen molar-refractivity contribution in [2.75, 3.05) is 0 Å². The van der Waals surface area contributed by atoms with E-state index in [9.17, 15) is 4.79 Å². The Bertz CT molecular complexity index is 699. The van der Waals surface area contributed by atoms with E-state index in [2.05, 4.69) is 10.2 Å². The van der Waals surface area contributed by atoms with E-state index in [1.54, 1.807) is 24.4 Å². The predicted molar refractivity (Wildman–Crippen MR) is 64.2 cm³/mol. The van der Waals surface area contributed by atoms with Gasteiger partial charge < -0.3 is 4.42 Å². The van der Waals surface area contributed by atoms with Gasteiger partial charge in [-0.2, -0.15) is 5.10 Å². The van der Waals surface area contributed by atoms with Crippen molar-refractivity contribution < 1.29 is 9.21 Å². The predicted octanol–water partition coefficient (Wildman–Crippen LogP) is 3.29. The molecule has 0 unspecified atom stereocenters. The minimum atomic E-state index is 0.294. The second-order valence-corrected chi connectivity index (χ2v) is 3.98. The van der Waals surface area contributed by atoms with Gasteiger partial charge in [0.25, 0.3) is 0 Å². The summed E-state index contributed by atoms with van der Waals surface area (Å²) < 4.78 is 5.38. The molecular weight excluding hydrogens is 240 g/mol. The molecule has 3 rings (SSSR count). The normalized spacial score (nSPS) is 10.9. The molecule has 0 saturated carbocycles. The fourth-order valence-electron chi connectivity index (χ4n) is 1.77. The van der Waals surface area contributed by atoms with E-state index >= 15 is 0 Å². The highest BCUT2D eigenvalue weighted by atomic mass is 35.5. The summed E-state index contributed by atoms with van der Waals surface area (Å²) in [4.78, 5) is 10.6. The molecule has 0 bridgehead atoms. The quantitative estimate of drug-likeness (QED) is 0.706. The van der Waals surface area contributed by atoms with Crippen molar-refractivity contribution in [3.05, 3.63) is 41.2 Å². The van der Waals surface area contributed by atoms with Gasteiger partial charge in [-0.05, 0) is 24.3 Å². The zero-order chi connectivity index (χ0) is 11.8. The van der Waals surface area contributed by atoms with E-state index in [4.69, 9.17) is 16.0 Å². The van der Waals surface area contributed by atoms with E-state index in [1.807, 2.05) is 6.07 Å². The average molecular weight is 247 g/mol. The van der Waals surface area contributed by atoms with E-state index in [-0.39, 0.29) is 0 Å². The largest absolute Gasteiger partial charge is 0.453 e. The Labute approximate surface area is 101 Å². The molecular formula is C12H7ClN2O2. The van der Waals surface area contributed by atoms with Crippen molar-refractivity contribution >= 4 is 28.8 Å². The maximum atomic E-state index is 10.6. The molecule has 2 aromatic heterocycles. The molecule has 1 aromatic carbocycles. The average Bonchev–Trinajstić information content (AvgIpc) is 2.98. The molecule has 0 saturated heterocycles. The fourth-order valence-corrected chi connectivity index (χ4v) is 1.97. The summed E-state index contributed by atoms with van der Waals surface area (Å²) in [6.07, 6.45) is 2.33. The third-order valence-electron chi connectivity index (χ3n) is 2.57. The lowest BCUT2D eigenvalue weighted by molar-refractivity contribution is 0.110. The summed E-state index contributed by atoms with van der Waals surface area (Å²) >= 11 is 6.04. The van der Waals surface area contributed by atoms with Crippen LogP contribution in [0.1, 0.15) is 10.6 Å². The van der Waals surface area contributed by atoms with Crippen LogP contribution in [0.4, 0.5) is 0 Å². The highest BCUT2D eigenvalue weighted by Crippen LogP contribution is 2.32. The minimum absolute atomic E-state index is 0.294. The molecule has 0 radical (unpaired) electrons. The molecule has 4 nitrogen and oxygen atoms in total. The Morgan fingerprint density at radius 2 is 2.18 bits per heavy atom. The van der Waals surface area contributed by atoms with Crippen LogP contribution >= 0.6 is 11.6 Å². The monoisotopic (exact) mass is 246 g/mol. The topological polar surface area (TPSA) is 58.9 Å². The zero-order valence-corrected chi connectivity index (χ0v) is 9.36. The Morgan fingerprint density at radius 3 is 2.94 bits per heavy atom. The van der Waals surface area contributed by atoms with Crippen LogP contribution in [0.2, 0.25) is 5.02 Å². The summed E-state index contributed by atoms with van der Waals surface area (Å²) in [5.41, 5.74) is 1.62. The second-order valence-electron chi connectivity index (χ2n) is 3.57. The fraction of sp³-hybridized carbons (Fsp3) is 0. The molecule has 2 heterocycles. The Morgan fingerprint density at radius 1 is 1.29 bits per heavy atom. The molecule has 0 amide bonds. The second kappa shape index (κ2) is 3.75. The van der Waals surface area contributed by atoms with Gasteiger partial charge in [0, 0.05) is 10.9 Å². The molecule has 3 aromatic rings. The summed E-state index contributed by atoms with van der Waals surface area (Å²) in [6.45, 7) is 0. The standard InChI is InChI=1S/C12H7ClN2O2/c13-10-3-2-8(12-9(10)5-14-15-12)11-4-1-7(6-16)17-11/h1-6H,(H,14,15). The molecule has 0 aliphatic heterocycles. The van der Waals surface area contributed by atoms with Crippen LogP contribution in [0.25, 0.3) is 22.2 Å². The minimum Gasteiger partial charge on any atom is -0.453 e. The Balaban J connectivity index is 2.26. The third-order valence-corrected chi connectivity index (χ3v) is 2.90. The first-order chi connectivity index (χ1) is 8.29. The number of H-pyrrole nitrogens is 1. The van der Waals surface area contributed by atoms with Crippen molar-refractivity contribution in [3.63, 3.8) is 0 Å². The maximum absolute atomic E-state index is 10.6. The lowest BCUT2D eigenvalue weighted by atomic mass is 10.1. The van der Waals surface area contributed by atoms with Crippen molar-refractivity contribution in [2.24, 2.45) is 0 Å². The van der Waals surface area contributed by atoms with Crippen LogP contribution < -0.4 is 0 Å². The van der Waals surface area contributed by atoms with Crippen LogP contribution in [-0.2, 0) is 0 Å². The van der Waals surface area contributed by atoms with Gasteiger partial charge in [0.1, 0.15) is 5.76 Å². The van der Waals surface area contributed by atoms with E-state index < -0.39 is 0 Å². The van der Waals surface area contributed by atoms with E-state index in [1.165, 1.54) is 0 Å². The number of carbonyl (C=O) groups is 1. The molecule has 0 aliphatic rings. The molecule has 0 spiro atoms. The van der Waals surface area contributed by atoms with Gasteiger partial charge in [-0.3, -0.25) is 9.89 Å². The summed E-state index contributed by atoms with van der Waals surface area (Å²) in [5.74, 6) is 0.903. The number of nitrogens with one attached hydrogen (secondary N) is 1. The van der Waals surface area contributed by atoms with Gasteiger partial charge in [-0.1, -0.05) is 11.6 Å². The Kier molecular flexibility index (Phi) is 2.23. The van der Waals surface area contributed by atoms with Gasteiger partial charge in [0.15, 0.2) is 12.0 Å². The summed E-state index contributed by atoms with van der Waals surface area (Å²) in [5, 5.41) is 8.28. The number of furan rings is 1. The van der Waals surface area contributed by atoms with Crippen molar-refractivity contribution in [1.82, 2.24) is 10.2 Å². The van der Waals surface area contributed by atoms with E-state index in [0.29, 0.717) is 22.8 Å². The molecule has 17 heavy (non-hydrogen) atoms. The first-order valence-corrected chi connectivity index (χ1v) is 5.34. The molecule has 0 fully saturated rings. The van der Waals surface area contributed by atoms with Gasteiger partial charge >= 0.3 is 0 Å². The van der Waals surface area contributed by atoms with Gasteiger partial charge in [0.05, 0.1) is 16.7 Å². The number of aromatic nitrogens is 2.